The molecule has 0 saturated carbocycles. The first-order valence-corrected chi connectivity index (χ1v) is 6.20. The Morgan fingerprint density at radius 1 is 1.56 bits per heavy atom. The third-order valence-corrected chi connectivity index (χ3v) is 3.55. The van der Waals surface area contributed by atoms with E-state index >= 15 is 0 Å². The van der Waals surface area contributed by atoms with Gasteiger partial charge < -0.3 is 14.8 Å². The fraction of sp³-hybridized carbons (Fsp3) is 0.917. The largest absolute Gasteiger partial charge is 0.380 e. The molecule has 2 rings (SSSR count). The Labute approximate surface area is 96.7 Å². The van der Waals surface area contributed by atoms with Crippen LogP contribution in [0, 0.1) is 0 Å². The minimum Gasteiger partial charge on any atom is -0.380 e. The molecule has 2 saturated heterocycles. The summed E-state index contributed by atoms with van der Waals surface area (Å²) in [4.78, 5) is 11.9. The Morgan fingerprint density at radius 2 is 2.44 bits per heavy atom. The van der Waals surface area contributed by atoms with Crippen molar-refractivity contribution in [3.63, 3.8) is 0 Å². The predicted octanol–water partition coefficient (Wildman–Crippen LogP) is 0.892. The van der Waals surface area contributed by atoms with Gasteiger partial charge in [-0.05, 0) is 25.7 Å². The van der Waals surface area contributed by atoms with E-state index in [4.69, 9.17) is 9.47 Å². The maximum Gasteiger partial charge on any atom is 0.149 e. The number of Topliss-reactive ketones (excluding diaryl/α,β-unsaturated/α-hetero) is 1. The first kappa shape index (κ1) is 12.0. The third kappa shape index (κ3) is 3.03. The molecule has 4 heteroatoms. The van der Waals surface area contributed by atoms with Crippen molar-refractivity contribution in [3.8, 4) is 0 Å². The van der Waals surface area contributed by atoms with E-state index in [0.717, 1.165) is 38.8 Å². The number of hydrogen-bond donors (Lipinski definition) is 1. The molecule has 16 heavy (non-hydrogen) atoms. The van der Waals surface area contributed by atoms with Crippen LogP contribution in [-0.4, -0.2) is 44.3 Å². The molecule has 2 fully saturated rings. The smallest absolute Gasteiger partial charge is 0.149 e. The van der Waals surface area contributed by atoms with Gasteiger partial charge in [0.15, 0.2) is 0 Å². The van der Waals surface area contributed by atoms with Crippen LogP contribution in [0.25, 0.3) is 0 Å². The van der Waals surface area contributed by atoms with E-state index in [1.807, 2.05) is 0 Å². The lowest BCUT2D eigenvalue weighted by Crippen LogP contribution is -2.31. The fourth-order valence-electron chi connectivity index (χ4n) is 2.48. The molecule has 0 amide bonds. The highest BCUT2D eigenvalue weighted by molar-refractivity contribution is 5.84. The van der Waals surface area contributed by atoms with Crippen molar-refractivity contribution in [3.05, 3.63) is 0 Å². The van der Waals surface area contributed by atoms with Gasteiger partial charge in [0, 0.05) is 26.7 Å². The van der Waals surface area contributed by atoms with Crippen LogP contribution in [0.1, 0.15) is 32.1 Å². The lowest BCUT2D eigenvalue weighted by Gasteiger charge is -2.12. The van der Waals surface area contributed by atoms with Gasteiger partial charge in [0.25, 0.3) is 0 Å². The summed E-state index contributed by atoms with van der Waals surface area (Å²) < 4.78 is 10.7. The van der Waals surface area contributed by atoms with Gasteiger partial charge in [0.2, 0.25) is 0 Å². The number of carbonyl (C=O) groups excluding carboxylic acids is 1. The van der Waals surface area contributed by atoms with Gasteiger partial charge in [-0.1, -0.05) is 0 Å². The number of ketones is 1. The van der Waals surface area contributed by atoms with Crippen molar-refractivity contribution in [2.75, 3.05) is 20.3 Å². The van der Waals surface area contributed by atoms with E-state index in [-0.39, 0.29) is 12.1 Å². The number of carbonyl (C=O) groups is 1. The molecule has 2 aliphatic rings. The SMILES string of the molecule is COC1CNC(C(=O)CCC2CCCO2)C1. The number of rotatable bonds is 5. The molecular weight excluding hydrogens is 206 g/mol. The molecule has 0 aromatic carbocycles. The number of hydrogen-bond acceptors (Lipinski definition) is 4. The minimum atomic E-state index is 0.00588. The number of nitrogens with one attached hydrogen (secondary N) is 1. The van der Waals surface area contributed by atoms with Crippen LogP contribution >= 0.6 is 0 Å². The predicted molar refractivity (Wildman–Crippen MR) is 60.4 cm³/mol. The van der Waals surface area contributed by atoms with Crippen molar-refractivity contribution in [1.82, 2.24) is 5.32 Å². The zero-order valence-corrected chi connectivity index (χ0v) is 9.91. The summed E-state index contributed by atoms with van der Waals surface area (Å²) >= 11 is 0. The lowest BCUT2D eigenvalue weighted by molar-refractivity contribution is -0.121. The van der Waals surface area contributed by atoms with E-state index in [0.29, 0.717) is 18.3 Å². The molecule has 2 heterocycles. The Kier molecular flexibility index (Phi) is 4.32. The number of ether oxygens (including phenoxy) is 2. The van der Waals surface area contributed by atoms with E-state index in [1.165, 1.54) is 0 Å². The van der Waals surface area contributed by atoms with Crippen LogP contribution in [0.3, 0.4) is 0 Å². The molecular formula is C12H21NO3. The third-order valence-electron chi connectivity index (χ3n) is 3.55. The van der Waals surface area contributed by atoms with E-state index in [2.05, 4.69) is 5.32 Å². The van der Waals surface area contributed by atoms with Crippen molar-refractivity contribution < 1.29 is 14.3 Å². The monoisotopic (exact) mass is 227 g/mol. The Bertz CT molecular complexity index is 238. The molecule has 3 atom stereocenters. The van der Waals surface area contributed by atoms with Crippen LogP contribution < -0.4 is 5.32 Å². The highest BCUT2D eigenvalue weighted by Gasteiger charge is 2.29. The standard InChI is InChI=1S/C12H21NO3/c1-15-10-7-11(13-8-10)12(14)5-4-9-3-2-6-16-9/h9-11,13H,2-8H2,1H3. The minimum absolute atomic E-state index is 0.00588. The summed E-state index contributed by atoms with van der Waals surface area (Å²) in [6.07, 6.45) is 5.13. The van der Waals surface area contributed by atoms with Crippen LogP contribution in [0.5, 0.6) is 0 Å². The topological polar surface area (TPSA) is 47.6 Å². The second-order valence-corrected chi connectivity index (χ2v) is 4.69. The Balaban J connectivity index is 1.67. The lowest BCUT2D eigenvalue weighted by atomic mass is 10.0. The van der Waals surface area contributed by atoms with Crippen LogP contribution in [0.4, 0.5) is 0 Å². The second-order valence-electron chi connectivity index (χ2n) is 4.69. The molecule has 0 aliphatic carbocycles. The van der Waals surface area contributed by atoms with Gasteiger partial charge in [0.05, 0.1) is 18.2 Å². The highest BCUT2D eigenvalue weighted by atomic mass is 16.5. The first-order chi connectivity index (χ1) is 7.79. The molecule has 0 spiro atoms. The molecule has 0 radical (unpaired) electrons. The normalized spacial score (nSPS) is 34.4. The molecule has 92 valence electrons. The number of methoxy groups -OCH3 is 1. The molecule has 3 unspecified atom stereocenters. The zero-order valence-electron chi connectivity index (χ0n) is 9.91. The van der Waals surface area contributed by atoms with Gasteiger partial charge in [0.1, 0.15) is 5.78 Å². The summed E-state index contributed by atoms with van der Waals surface area (Å²) in [6, 6.07) is 0.00588. The highest BCUT2D eigenvalue weighted by Crippen LogP contribution is 2.19. The fourth-order valence-corrected chi connectivity index (χ4v) is 2.48. The summed E-state index contributed by atoms with van der Waals surface area (Å²) in [7, 11) is 1.70. The first-order valence-electron chi connectivity index (χ1n) is 6.20. The van der Waals surface area contributed by atoms with Gasteiger partial charge in [-0.25, -0.2) is 0 Å². The zero-order chi connectivity index (χ0) is 11.4. The van der Waals surface area contributed by atoms with Crippen LogP contribution in [0.2, 0.25) is 0 Å². The van der Waals surface area contributed by atoms with E-state index in [1.54, 1.807) is 7.11 Å². The van der Waals surface area contributed by atoms with Gasteiger partial charge in [-0.2, -0.15) is 0 Å². The molecule has 2 aliphatic heterocycles. The molecule has 0 bridgehead atoms. The quantitative estimate of drug-likeness (QED) is 0.758. The molecule has 4 nitrogen and oxygen atoms in total. The van der Waals surface area contributed by atoms with E-state index in [9.17, 15) is 4.79 Å². The molecule has 1 N–H and O–H groups in total. The van der Waals surface area contributed by atoms with Crippen LogP contribution in [-0.2, 0) is 14.3 Å². The summed E-state index contributed by atoms with van der Waals surface area (Å²) in [5, 5.41) is 3.22. The van der Waals surface area contributed by atoms with Crippen molar-refractivity contribution in [2.45, 2.75) is 50.4 Å². The van der Waals surface area contributed by atoms with Crippen LogP contribution in [0.15, 0.2) is 0 Å². The average Bonchev–Trinajstić information content (AvgIpc) is 2.96. The van der Waals surface area contributed by atoms with Crippen molar-refractivity contribution in [1.29, 1.82) is 0 Å². The average molecular weight is 227 g/mol. The maximum atomic E-state index is 11.9. The summed E-state index contributed by atoms with van der Waals surface area (Å²) in [6.45, 7) is 1.67. The summed E-state index contributed by atoms with van der Waals surface area (Å²) in [5.74, 6) is 0.315. The van der Waals surface area contributed by atoms with Crippen molar-refractivity contribution >= 4 is 5.78 Å². The van der Waals surface area contributed by atoms with Gasteiger partial charge in [-0.15, -0.1) is 0 Å². The summed E-state index contributed by atoms with van der Waals surface area (Å²) in [5.41, 5.74) is 0. The maximum absolute atomic E-state index is 11.9. The second kappa shape index (κ2) is 5.75. The van der Waals surface area contributed by atoms with E-state index < -0.39 is 0 Å². The molecule has 0 aromatic rings. The van der Waals surface area contributed by atoms with Gasteiger partial charge >= 0.3 is 0 Å². The van der Waals surface area contributed by atoms with Crippen molar-refractivity contribution in [2.24, 2.45) is 0 Å². The Hall–Kier alpha value is -0.450. The molecule has 0 aromatic heterocycles. The Morgan fingerprint density at radius 3 is 3.06 bits per heavy atom. The van der Waals surface area contributed by atoms with Gasteiger partial charge in [-0.3, -0.25) is 4.79 Å².